The molecule has 0 bridgehead atoms. The summed E-state index contributed by atoms with van der Waals surface area (Å²) in [4.78, 5) is 11.1. The Bertz CT molecular complexity index is 637. The lowest BCUT2D eigenvalue weighted by molar-refractivity contribution is 0.0690. The minimum atomic E-state index is -1.04. The van der Waals surface area contributed by atoms with Gasteiger partial charge in [-0.25, -0.2) is 9.48 Å². The molecule has 0 aliphatic carbocycles. The molecule has 0 saturated heterocycles. The van der Waals surface area contributed by atoms with E-state index in [1.807, 2.05) is 24.3 Å². The topological polar surface area (TPSA) is 64.3 Å². The van der Waals surface area contributed by atoms with Gasteiger partial charge in [0.25, 0.3) is 0 Å². The molecule has 0 radical (unpaired) electrons. The van der Waals surface area contributed by atoms with Crippen LogP contribution in [0.2, 0.25) is 0 Å². The molecule has 1 aromatic carbocycles. The number of nitrogens with zero attached hydrogens (tertiary/aromatic N) is 2. The maximum absolute atomic E-state index is 11.1. The van der Waals surface area contributed by atoms with Crippen molar-refractivity contribution >= 4 is 5.97 Å². The highest BCUT2D eigenvalue weighted by molar-refractivity contribution is 5.85. The van der Waals surface area contributed by atoms with Crippen molar-refractivity contribution in [1.82, 2.24) is 9.78 Å². The van der Waals surface area contributed by atoms with Crippen molar-refractivity contribution in [3.05, 3.63) is 47.3 Å². The fraction of sp³-hybridized carbons (Fsp3) is 0.375. The van der Waals surface area contributed by atoms with Crippen molar-refractivity contribution in [1.29, 1.82) is 0 Å². The van der Waals surface area contributed by atoms with E-state index >= 15 is 0 Å². The van der Waals surface area contributed by atoms with E-state index in [-0.39, 0.29) is 11.1 Å². The summed E-state index contributed by atoms with van der Waals surface area (Å²) in [6.07, 6.45) is 0. The largest absolute Gasteiger partial charge is 0.476 e. The Morgan fingerprint density at radius 3 is 2.38 bits per heavy atom. The van der Waals surface area contributed by atoms with Crippen LogP contribution in [0.3, 0.4) is 0 Å². The van der Waals surface area contributed by atoms with Gasteiger partial charge in [-0.3, -0.25) is 0 Å². The van der Waals surface area contributed by atoms with Gasteiger partial charge in [-0.2, -0.15) is 5.10 Å². The average molecular weight is 288 g/mol. The summed E-state index contributed by atoms with van der Waals surface area (Å²) in [7, 11) is 1.57. The van der Waals surface area contributed by atoms with Crippen molar-refractivity contribution in [2.75, 3.05) is 7.11 Å². The molecule has 0 spiro atoms. The van der Waals surface area contributed by atoms with Crippen LogP contribution < -0.4 is 0 Å². The van der Waals surface area contributed by atoms with E-state index < -0.39 is 5.97 Å². The molecule has 21 heavy (non-hydrogen) atoms. The lowest BCUT2D eigenvalue weighted by Crippen LogP contribution is -2.11. The van der Waals surface area contributed by atoms with Crippen molar-refractivity contribution in [2.45, 2.75) is 32.8 Å². The fourth-order valence-corrected chi connectivity index (χ4v) is 2.10. The van der Waals surface area contributed by atoms with E-state index in [1.165, 1.54) is 11.6 Å². The molecule has 1 aromatic heterocycles. The van der Waals surface area contributed by atoms with Gasteiger partial charge < -0.3 is 9.84 Å². The number of carboxylic acid groups (broad SMARTS) is 1. The molecule has 0 amide bonds. The maximum atomic E-state index is 11.1. The number of carbonyl (C=O) groups is 1. The summed E-state index contributed by atoms with van der Waals surface area (Å²) < 4.78 is 6.72. The summed E-state index contributed by atoms with van der Waals surface area (Å²) in [6.45, 7) is 6.75. The second-order valence-electron chi connectivity index (χ2n) is 5.97. The zero-order valence-corrected chi connectivity index (χ0v) is 12.8. The smallest absolute Gasteiger partial charge is 0.356 e. The van der Waals surface area contributed by atoms with E-state index in [0.29, 0.717) is 12.3 Å². The Morgan fingerprint density at radius 2 is 1.90 bits per heavy atom. The van der Waals surface area contributed by atoms with Crippen molar-refractivity contribution < 1.29 is 14.6 Å². The Balaban J connectivity index is 2.43. The number of aromatic nitrogens is 2. The Hall–Kier alpha value is -2.14. The van der Waals surface area contributed by atoms with Crippen LogP contribution in [0.25, 0.3) is 5.69 Å². The first kappa shape index (κ1) is 15.3. The molecule has 0 atom stereocenters. The summed E-state index contributed by atoms with van der Waals surface area (Å²) in [5.41, 5.74) is 2.83. The summed E-state index contributed by atoms with van der Waals surface area (Å²) >= 11 is 0. The number of methoxy groups -OCH3 is 1. The SMILES string of the molecule is COCc1cc(C(=O)O)nn1-c1ccc(C(C)(C)C)cc1. The minimum Gasteiger partial charge on any atom is -0.476 e. The minimum absolute atomic E-state index is 0.0157. The van der Waals surface area contributed by atoms with Crippen LogP contribution in [0.1, 0.15) is 42.5 Å². The number of aromatic carboxylic acids is 1. The quantitative estimate of drug-likeness (QED) is 0.939. The highest BCUT2D eigenvalue weighted by atomic mass is 16.5. The second-order valence-corrected chi connectivity index (χ2v) is 5.97. The molecule has 0 fully saturated rings. The number of carboxylic acids is 1. The first-order valence-electron chi connectivity index (χ1n) is 6.75. The van der Waals surface area contributed by atoms with Gasteiger partial charge in [-0.05, 0) is 29.2 Å². The molecule has 5 nitrogen and oxygen atoms in total. The van der Waals surface area contributed by atoms with E-state index in [9.17, 15) is 4.79 Å². The van der Waals surface area contributed by atoms with Crippen molar-refractivity contribution in [3.8, 4) is 5.69 Å². The number of rotatable bonds is 4. The molecule has 2 aromatic rings. The van der Waals surface area contributed by atoms with Crippen LogP contribution in [0, 0.1) is 0 Å². The van der Waals surface area contributed by atoms with Crippen LogP contribution in [0.5, 0.6) is 0 Å². The van der Waals surface area contributed by atoms with Crippen molar-refractivity contribution in [2.24, 2.45) is 0 Å². The molecule has 0 aliphatic rings. The lowest BCUT2D eigenvalue weighted by Gasteiger charge is -2.19. The molecule has 1 N–H and O–H groups in total. The van der Waals surface area contributed by atoms with Crippen LogP contribution in [0.4, 0.5) is 0 Å². The highest BCUT2D eigenvalue weighted by Crippen LogP contribution is 2.23. The van der Waals surface area contributed by atoms with Gasteiger partial charge in [-0.15, -0.1) is 0 Å². The molecule has 112 valence electrons. The Labute approximate surface area is 124 Å². The van der Waals surface area contributed by atoms with Crippen molar-refractivity contribution in [3.63, 3.8) is 0 Å². The molecule has 0 aliphatic heterocycles. The fourth-order valence-electron chi connectivity index (χ4n) is 2.10. The normalized spacial score (nSPS) is 11.6. The Morgan fingerprint density at radius 1 is 1.29 bits per heavy atom. The van der Waals surface area contributed by atoms with E-state index in [2.05, 4.69) is 25.9 Å². The van der Waals surface area contributed by atoms with Gasteiger partial charge in [-0.1, -0.05) is 32.9 Å². The van der Waals surface area contributed by atoms with E-state index in [4.69, 9.17) is 9.84 Å². The lowest BCUT2D eigenvalue weighted by atomic mass is 9.87. The zero-order valence-electron chi connectivity index (χ0n) is 12.8. The first-order chi connectivity index (χ1) is 9.82. The number of hydrogen-bond donors (Lipinski definition) is 1. The first-order valence-corrected chi connectivity index (χ1v) is 6.75. The molecule has 5 heteroatoms. The van der Waals surface area contributed by atoms with Gasteiger partial charge in [0.2, 0.25) is 0 Å². The molecular formula is C16H20N2O3. The predicted octanol–water partition coefficient (Wildman–Crippen LogP) is 3.01. The summed E-state index contributed by atoms with van der Waals surface area (Å²) in [6, 6.07) is 9.49. The average Bonchev–Trinajstić information content (AvgIpc) is 2.83. The van der Waals surface area contributed by atoms with Gasteiger partial charge in [0.15, 0.2) is 5.69 Å². The molecule has 0 saturated carbocycles. The maximum Gasteiger partial charge on any atom is 0.356 e. The van der Waals surface area contributed by atoms with Crippen LogP contribution in [0.15, 0.2) is 30.3 Å². The van der Waals surface area contributed by atoms with Gasteiger partial charge in [0, 0.05) is 7.11 Å². The monoisotopic (exact) mass is 288 g/mol. The zero-order chi connectivity index (χ0) is 15.6. The number of benzene rings is 1. The summed E-state index contributed by atoms with van der Waals surface area (Å²) in [5.74, 6) is -1.04. The summed E-state index contributed by atoms with van der Waals surface area (Å²) in [5, 5.41) is 13.2. The van der Waals surface area contributed by atoms with Gasteiger partial charge in [0.05, 0.1) is 18.0 Å². The highest BCUT2D eigenvalue weighted by Gasteiger charge is 2.16. The third kappa shape index (κ3) is 3.31. The standard InChI is InChI=1S/C16H20N2O3/c1-16(2,3)11-5-7-12(8-6-11)18-13(10-21-4)9-14(17-18)15(19)20/h5-9H,10H2,1-4H3,(H,19,20). The Kier molecular flexibility index (Phi) is 4.14. The third-order valence-electron chi connectivity index (χ3n) is 3.27. The third-order valence-corrected chi connectivity index (χ3v) is 3.27. The number of ether oxygens (including phenoxy) is 1. The van der Waals surface area contributed by atoms with Crippen LogP contribution >= 0.6 is 0 Å². The second kappa shape index (κ2) is 5.69. The predicted molar refractivity (Wildman–Crippen MR) is 79.9 cm³/mol. The molecule has 1 heterocycles. The van der Waals surface area contributed by atoms with Crippen LogP contribution in [-0.2, 0) is 16.8 Å². The molecule has 2 rings (SSSR count). The molecule has 0 unspecified atom stereocenters. The van der Waals surface area contributed by atoms with E-state index in [0.717, 1.165) is 5.69 Å². The number of hydrogen-bond acceptors (Lipinski definition) is 3. The molecular weight excluding hydrogens is 268 g/mol. The van der Waals surface area contributed by atoms with Gasteiger partial charge in [0.1, 0.15) is 0 Å². The van der Waals surface area contributed by atoms with Gasteiger partial charge >= 0.3 is 5.97 Å². The van der Waals surface area contributed by atoms with E-state index in [1.54, 1.807) is 11.8 Å². The van der Waals surface area contributed by atoms with Crippen LogP contribution in [-0.4, -0.2) is 28.0 Å².